The van der Waals surface area contributed by atoms with Crippen LogP contribution in [-0.2, 0) is 9.84 Å². The van der Waals surface area contributed by atoms with Crippen LogP contribution in [-0.4, -0.2) is 35.5 Å². The molecule has 1 atom stereocenters. The predicted molar refractivity (Wildman–Crippen MR) is 103 cm³/mol. The summed E-state index contributed by atoms with van der Waals surface area (Å²) >= 11 is 0. The highest BCUT2D eigenvalue weighted by atomic mass is 32.2. The summed E-state index contributed by atoms with van der Waals surface area (Å²) in [6, 6.07) is 5.72. The lowest BCUT2D eigenvalue weighted by atomic mass is 10.0. The molecule has 138 valence electrons. The Balaban J connectivity index is 1.87. The summed E-state index contributed by atoms with van der Waals surface area (Å²) in [7, 11) is -2.97. The van der Waals surface area contributed by atoms with Gasteiger partial charge in [-0.25, -0.2) is 8.42 Å². The van der Waals surface area contributed by atoms with Crippen LogP contribution < -0.4 is 0 Å². The number of carbonyl (C=O) groups is 1. The Kier molecular flexibility index (Phi) is 4.88. The number of hydrogen-bond acceptors (Lipinski definition) is 4. The van der Waals surface area contributed by atoms with Gasteiger partial charge in [0.25, 0.3) is 0 Å². The Bertz CT molecular complexity index is 1000. The molecule has 0 unspecified atom stereocenters. The molecule has 0 spiro atoms. The summed E-state index contributed by atoms with van der Waals surface area (Å²) in [6.45, 7) is 7.70. The third kappa shape index (κ3) is 3.65. The van der Waals surface area contributed by atoms with Crippen LogP contribution in [0.5, 0.6) is 0 Å². The second-order valence-corrected chi connectivity index (χ2v) is 9.33. The van der Waals surface area contributed by atoms with Gasteiger partial charge in [-0.15, -0.1) is 0 Å². The van der Waals surface area contributed by atoms with Gasteiger partial charge in [0.15, 0.2) is 15.6 Å². The van der Waals surface area contributed by atoms with E-state index < -0.39 is 9.84 Å². The van der Waals surface area contributed by atoms with Crippen molar-refractivity contribution in [3.8, 4) is 0 Å². The third-order valence-electron chi connectivity index (χ3n) is 5.00. The molecule has 3 rings (SSSR count). The second kappa shape index (κ2) is 6.83. The molecule has 0 N–H and O–H groups in total. The van der Waals surface area contributed by atoms with Crippen LogP contribution in [0.25, 0.3) is 6.08 Å². The van der Waals surface area contributed by atoms with Gasteiger partial charge in [0.05, 0.1) is 23.2 Å². The van der Waals surface area contributed by atoms with Crippen LogP contribution in [0.1, 0.15) is 50.9 Å². The first-order valence-electron chi connectivity index (χ1n) is 8.74. The van der Waals surface area contributed by atoms with Gasteiger partial charge in [-0.3, -0.25) is 9.48 Å². The molecule has 1 saturated heterocycles. The average molecular weight is 372 g/mol. The predicted octanol–water partition coefficient (Wildman–Crippen LogP) is 3.37. The van der Waals surface area contributed by atoms with E-state index >= 15 is 0 Å². The number of aryl methyl sites for hydroxylation is 3. The smallest absolute Gasteiger partial charge is 0.186 e. The molecule has 1 aliphatic heterocycles. The number of carbonyl (C=O) groups excluding carboxylic acids is 1. The van der Waals surface area contributed by atoms with Crippen LogP contribution in [0, 0.1) is 27.7 Å². The quantitative estimate of drug-likeness (QED) is 0.609. The molecule has 0 aliphatic carbocycles. The van der Waals surface area contributed by atoms with Crippen molar-refractivity contribution < 1.29 is 13.2 Å². The molecular weight excluding hydrogens is 348 g/mol. The third-order valence-corrected chi connectivity index (χ3v) is 6.75. The summed E-state index contributed by atoms with van der Waals surface area (Å²) in [4.78, 5) is 12.6. The zero-order valence-corrected chi connectivity index (χ0v) is 16.4. The fourth-order valence-corrected chi connectivity index (χ4v) is 5.18. The second-order valence-electron chi connectivity index (χ2n) is 7.10. The molecule has 5 nitrogen and oxygen atoms in total. The summed E-state index contributed by atoms with van der Waals surface area (Å²) in [5.74, 6) is 0.312. The highest BCUT2D eigenvalue weighted by molar-refractivity contribution is 7.91. The van der Waals surface area contributed by atoms with Crippen LogP contribution in [0.15, 0.2) is 24.3 Å². The monoisotopic (exact) mass is 372 g/mol. The fourth-order valence-electron chi connectivity index (χ4n) is 3.49. The lowest BCUT2D eigenvalue weighted by Gasteiger charge is -2.10. The van der Waals surface area contributed by atoms with E-state index in [2.05, 4.69) is 5.10 Å². The molecule has 2 aromatic rings. The minimum absolute atomic E-state index is 0.0406. The zero-order valence-electron chi connectivity index (χ0n) is 15.6. The molecule has 1 fully saturated rings. The Morgan fingerprint density at radius 1 is 1.23 bits per heavy atom. The van der Waals surface area contributed by atoms with Crippen LogP contribution in [0.3, 0.4) is 0 Å². The number of aromatic nitrogens is 2. The molecular formula is C20H24N2O3S. The van der Waals surface area contributed by atoms with Crippen LogP contribution in [0.2, 0.25) is 0 Å². The number of hydrogen-bond donors (Lipinski definition) is 0. The van der Waals surface area contributed by atoms with E-state index in [1.54, 1.807) is 12.2 Å². The molecule has 0 amide bonds. The minimum atomic E-state index is -2.97. The number of benzene rings is 1. The number of allylic oxidation sites excluding steroid dienone is 1. The lowest BCUT2D eigenvalue weighted by Crippen LogP contribution is -2.13. The largest absolute Gasteiger partial charge is 0.289 e. The van der Waals surface area contributed by atoms with Gasteiger partial charge in [-0.05, 0) is 57.9 Å². The molecule has 0 saturated carbocycles. The van der Waals surface area contributed by atoms with Gasteiger partial charge < -0.3 is 0 Å². The molecule has 0 bridgehead atoms. The van der Waals surface area contributed by atoms with Gasteiger partial charge in [0.1, 0.15) is 0 Å². The topological polar surface area (TPSA) is 69.0 Å². The van der Waals surface area contributed by atoms with E-state index in [0.717, 1.165) is 28.1 Å². The van der Waals surface area contributed by atoms with Crippen molar-refractivity contribution in [2.75, 3.05) is 11.5 Å². The molecule has 26 heavy (non-hydrogen) atoms. The number of ketones is 1. The molecule has 1 aliphatic rings. The summed E-state index contributed by atoms with van der Waals surface area (Å²) < 4.78 is 25.3. The van der Waals surface area contributed by atoms with Gasteiger partial charge in [-0.1, -0.05) is 17.7 Å². The molecule has 0 radical (unpaired) electrons. The first-order valence-corrected chi connectivity index (χ1v) is 10.6. The van der Waals surface area contributed by atoms with E-state index in [4.69, 9.17) is 0 Å². The first kappa shape index (κ1) is 18.6. The number of nitrogens with zero attached hydrogens (tertiary/aromatic N) is 2. The van der Waals surface area contributed by atoms with E-state index in [1.807, 2.05) is 50.6 Å². The summed E-state index contributed by atoms with van der Waals surface area (Å²) in [6.07, 6.45) is 3.96. The van der Waals surface area contributed by atoms with Gasteiger partial charge in [0, 0.05) is 16.8 Å². The Hall–Kier alpha value is -2.21. The Morgan fingerprint density at radius 3 is 2.62 bits per heavy atom. The van der Waals surface area contributed by atoms with Crippen molar-refractivity contribution in [1.29, 1.82) is 0 Å². The summed E-state index contributed by atoms with van der Waals surface area (Å²) in [5, 5.41) is 4.53. The maximum atomic E-state index is 12.6. The van der Waals surface area contributed by atoms with E-state index in [9.17, 15) is 13.2 Å². The summed E-state index contributed by atoms with van der Waals surface area (Å²) in [5.41, 5.74) is 5.28. The van der Waals surface area contributed by atoms with Crippen molar-refractivity contribution in [3.05, 3.63) is 57.9 Å². The Labute approximate surface area is 154 Å². The van der Waals surface area contributed by atoms with Crippen molar-refractivity contribution in [3.63, 3.8) is 0 Å². The number of rotatable bonds is 4. The molecule has 1 aromatic heterocycles. The maximum absolute atomic E-state index is 12.6. The minimum Gasteiger partial charge on any atom is -0.289 e. The van der Waals surface area contributed by atoms with E-state index in [-0.39, 0.29) is 23.3 Å². The molecule has 2 heterocycles. The van der Waals surface area contributed by atoms with Crippen molar-refractivity contribution >= 4 is 21.7 Å². The Morgan fingerprint density at radius 2 is 1.96 bits per heavy atom. The standard InChI is InChI=1S/C20H24N2O3S/c1-13-5-6-14(2)19(11-13)20(23)8-7-18-15(3)21-22(16(18)4)17-9-10-26(24,25)12-17/h5-8,11,17H,9-10,12H2,1-4H3/b8-7+/t17-/m0/s1. The SMILES string of the molecule is Cc1ccc(C)c(C(=O)/C=C/c2c(C)nn([C@H]3CCS(=O)(=O)C3)c2C)c1. The molecule has 6 heteroatoms. The lowest BCUT2D eigenvalue weighted by molar-refractivity contribution is 0.104. The fraction of sp³-hybridized carbons (Fsp3) is 0.400. The van der Waals surface area contributed by atoms with Crippen molar-refractivity contribution in [2.24, 2.45) is 0 Å². The maximum Gasteiger partial charge on any atom is 0.186 e. The van der Waals surface area contributed by atoms with Crippen molar-refractivity contribution in [2.45, 2.75) is 40.2 Å². The number of sulfone groups is 1. The van der Waals surface area contributed by atoms with Crippen molar-refractivity contribution in [1.82, 2.24) is 9.78 Å². The van der Waals surface area contributed by atoms with Gasteiger partial charge >= 0.3 is 0 Å². The molecule has 1 aromatic carbocycles. The van der Waals surface area contributed by atoms with E-state index in [1.165, 1.54) is 0 Å². The zero-order chi connectivity index (χ0) is 19.1. The highest BCUT2D eigenvalue weighted by Crippen LogP contribution is 2.27. The van der Waals surface area contributed by atoms with Crippen LogP contribution >= 0.6 is 0 Å². The normalized spacial score (nSPS) is 19.3. The van der Waals surface area contributed by atoms with E-state index in [0.29, 0.717) is 12.0 Å². The van der Waals surface area contributed by atoms with Gasteiger partial charge in [0.2, 0.25) is 0 Å². The highest BCUT2D eigenvalue weighted by Gasteiger charge is 2.31. The van der Waals surface area contributed by atoms with Crippen LogP contribution in [0.4, 0.5) is 0 Å². The van der Waals surface area contributed by atoms with Gasteiger partial charge in [-0.2, -0.15) is 5.10 Å². The average Bonchev–Trinajstić information content (AvgIpc) is 3.07. The first-order chi connectivity index (χ1) is 12.2.